The van der Waals surface area contributed by atoms with Gasteiger partial charge in [0.1, 0.15) is 6.10 Å². The minimum Gasteiger partial charge on any atom is -0.459 e. The van der Waals surface area contributed by atoms with Gasteiger partial charge in [-0.05, 0) is 0 Å². The molecule has 62 valence electrons. The second-order valence-corrected chi connectivity index (χ2v) is 2.83. The largest absolute Gasteiger partial charge is 0.459 e. The summed E-state index contributed by atoms with van der Waals surface area (Å²) in [5, 5.41) is 0. The average Bonchev–Trinajstić information content (AvgIpc) is 2.45. The topological polar surface area (TPSA) is 44.8 Å². The number of esters is 1. The fraction of sp³-hybridized carbons (Fsp3) is 0.857. The lowest BCUT2D eigenvalue weighted by atomic mass is 10.0. The number of fused-ring (bicyclic) bond motifs is 1. The van der Waals surface area contributed by atoms with E-state index in [9.17, 15) is 4.79 Å². The zero-order valence-electron chi connectivity index (χ0n) is 6.28. The molecule has 2 aliphatic rings. The number of rotatable bonds is 1. The summed E-state index contributed by atoms with van der Waals surface area (Å²) in [5.41, 5.74) is 0. The van der Waals surface area contributed by atoms with E-state index < -0.39 is 0 Å². The Bertz CT molecular complexity index is 179. The van der Waals surface area contributed by atoms with Crippen molar-refractivity contribution in [3.8, 4) is 0 Å². The molecule has 0 radical (unpaired) electrons. The fourth-order valence-electron chi connectivity index (χ4n) is 1.61. The van der Waals surface area contributed by atoms with Gasteiger partial charge in [-0.3, -0.25) is 4.79 Å². The van der Waals surface area contributed by atoms with E-state index in [1.54, 1.807) is 7.11 Å². The van der Waals surface area contributed by atoms with Crippen molar-refractivity contribution in [3.63, 3.8) is 0 Å². The third-order valence-electron chi connectivity index (χ3n) is 2.17. The predicted molar refractivity (Wildman–Crippen MR) is 34.7 cm³/mol. The van der Waals surface area contributed by atoms with E-state index in [4.69, 9.17) is 14.2 Å². The van der Waals surface area contributed by atoms with Gasteiger partial charge < -0.3 is 14.2 Å². The van der Waals surface area contributed by atoms with E-state index in [1.807, 2.05) is 0 Å². The number of hydrogen-bond donors (Lipinski definition) is 0. The molecular weight excluding hydrogens is 148 g/mol. The van der Waals surface area contributed by atoms with Gasteiger partial charge in [0.15, 0.2) is 6.29 Å². The molecule has 2 fully saturated rings. The average molecular weight is 158 g/mol. The number of carbonyl (C=O) groups excluding carboxylic acids is 1. The van der Waals surface area contributed by atoms with Crippen LogP contribution in [0.3, 0.4) is 0 Å². The smallest absolute Gasteiger partial charge is 0.306 e. The highest BCUT2D eigenvalue weighted by molar-refractivity contribution is 5.72. The molecule has 2 rings (SSSR count). The molecule has 0 aliphatic carbocycles. The lowest BCUT2D eigenvalue weighted by Crippen LogP contribution is -2.20. The van der Waals surface area contributed by atoms with Crippen LogP contribution in [0, 0.1) is 5.92 Å². The Morgan fingerprint density at radius 2 is 2.45 bits per heavy atom. The Balaban J connectivity index is 2.07. The molecule has 3 atom stereocenters. The lowest BCUT2D eigenvalue weighted by Gasteiger charge is -2.11. The van der Waals surface area contributed by atoms with Gasteiger partial charge in [-0.1, -0.05) is 0 Å². The molecule has 0 N–H and O–H groups in total. The highest BCUT2D eigenvalue weighted by atomic mass is 16.7. The molecule has 0 bridgehead atoms. The molecule has 4 heteroatoms. The standard InChI is InChI=1S/C7H10O4/c1-9-7-4-2-6(8)11-5(4)3-10-7/h4-5,7H,2-3H2,1H3/t4-,5+,7?/m0/s1. The Kier molecular flexibility index (Phi) is 1.58. The van der Waals surface area contributed by atoms with E-state index in [1.165, 1.54) is 0 Å². The molecule has 2 saturated heterocycles. The van der Waals surface area contributed by atoms with Gasteiger partial charge in [-0.25, -0.2) is 0 Å². The van der Waals surface area contributed by atoms with E-state index >= 15 is 0 Å². The third-order valence-corrected chi connectivity index (χ3v) is 2.17. The predicted octanol–water partition coefficient (Wildman–Crippen LogP) is -0.0792. The molecule has 4 nitrogen and oxygen atoms in total. The van der Waals surface area contributed by atoms with Crippen LogP contribution in [-0.2, 0) is 19.0 Å². The van der Waals surface area contributed by atoms with Gasteiger partial charge in [-0.15, -0.1) is 0 Å². The summed E-state index contributed by atoms with van der Waals surface area (Å²) < 4.78 is 15.2. The van der Waals surface area contributed by atoms with Crippen molar-refractivity contribution >= 4 is 5.97 Å². The molecule has 11 heavy (non-hydrogen) atoms. The van der Waals surface area contributed by atoms with Crippen molar-refractivity contribution in [2.75, 3.05) is 13.7 Å². The maximum absolute atomic E-state index is 10.8. The van der Waals surface area contributed by atoms with Crippen molar-refractivity contribution in [1.29, 1.82) is 0 Å². The maximum atomic E-state index is 10.8. The van der Waals surface area contributed by atoms with Crippen LogP contribution in [0.2, 0.25) is 0 Å². The van der Waals surface area contributed by atoms with Crippen molar-refractivity contribution in [2.24, 2.45) is 5.92 Å². The third kappa shape index (κ3) is 1.02. The van der Waals surface area contributed by atoms with E-state index in [2.05, 4.69) is 0 Å². The Hall–Kier alpha value is -0.610. The second kappa shape index (κ2) is 2.46. The van der Waals surface area contributed by atoms with Gasteiger partial charge in [0.2, 0.25) is 0 Å². The van der Waals surface area contributed by atoms with Crippen molar-refractivity contribution in [1.82, 2.24) is 0 Å². The van der Waals surface area contributed by atoms with Crippen LogP contribution < -0.4 is 0 Å². The quantitative estimate of drug-likeness (QED) is 0.501. The van der Waals surface area contributed by atoms with Gasteiger partial charge in [0.25, 0.3) is 0 Å². The maximum Gasteiger partial charge on any atom is 0.306 e. The molecule has 0 aromatic rings. The van der Waals surface area contributed by atoms with Crippen LogP contribution in [0.1, 0.15) is 6.42 Å². The molecule has 0 aromatic carbocycles. The SMILES string of the molecule is COC1OC[C@H]2OC(=O)C[C@H]12. The number of methoxy groups -OCH3 is 1. The second-order valence-electron chi connectivity index (χ2n) is 2.83. The van der Waals surface area contributed by atoms with Crippen LogP contribution in [0.15, 0.2) is 0 Å². The lowest BCUT2D eigenvalue weighted by molar-refractivity contribution is -0.146. The van der Waals surface area contributed by atoms with Crippen LogP contribution in [-0.4, -0.2) is 32.1 Å². The van der Waals surface area contributed by atoms with Crippen LogP contribution >= 0.6 is 0 Å². The molecule has 2 heterocycles. The van der Waals surface area contributed by atoms with E-state index in [0.717, 1.165) is 0 Å². The molecule has 0 spiro atoms. The van der Waals surface area contributed by atoms with Crippen LogP contribution in [0.5, 0.6) is 0 Å². The first-order valence-electron chi connectivity index (χ1n) is 3.65. The Morgan fingerprint density at radius 3 is 3.18 bits per heavy atom. The minimum absolute atomic E-state index is 0.0625. The summed E-state index contributed by atoms with van der Waals surface area (Å²) in [6, 6.07) is 0. The number of ether oxygens (including phenoxy) is 3. The normalized spacial score (nSPS) is 42.3. The summed E-state index contributed by atoms with van der Waals surface area (Å²) in [5.74, 6) is -0.0159. The summed E-state index contributed by atoms with van der Waals surface area (Å²) >= 11 is 0. The fourth-order valence-corrected chi connectivity index (χ4v) is 1.61. The van der Waals surface area contributed by atoms with Gasteiger partial charge >= 0.3 is 5.97 Å². The zero-order chi connectivity index (χ0) is 7.84. The molecule has 0 aromatic heterocycles. The molecule has 0 amide bonds. The highest BCUT2D eigenvalue weighted by Crippen LogP contribution is 2.33. The summed E-state index contributed by atoms with van der Waals surface area (Å²) in [7, 11) is 1.58. The molecule has 2 aliphatic heterocycles. The summed E-state index contributed by atoms with van der Waals surface area (Å²) in [6.45, 7) is 0.481. The van der Waals surface area contributed by atoms with E-state index in [0.29, 0.717) is 13.0 Å². The molecule has 1 unspecified atom stereocenters. The number of hydrogen-bond acceptors (Lipinski definition) is 4. The van der Waals surface area contributed by atoms with Gasteiger partial charge in [0.05, 0.1) is 18.9 Å². The van der Waals surface area contributed by atoms with Crippen LogP contribution in [0.25, 0.3) is 0 Å². The highest BCUT2D eigenvalue weighted by Gasteiger charge is 2.46. The molecule has 0 saturated carbocycles. The van der Waals surface area contributed by atoms with Crippen molar-refractivity contribution < 1.29 is 19.0 Å². The zero-order valence-corrected chi connectivity index (χ0v) is 6.28. The van der Waals surface area contributed by atoms with E-state index in [-0.39, 0.29) is 24.3 Å². The minimum atomic E-state index is -0.244. The molecular formula is C7H10O4. The summed E-state index contributed by atoms with van der Waals surface area (Å²) in [4.78, 5) is 10.8. The van der Waals surface area contributed by atoms with Gasteiger partial charge in [0, 0.05) is 7.11 Å². The van der Waals surface area contributed by atoms with Crippen molar-refractivity contribution in [2.45, 2.75) is 18.8 Å². The Labute approximate surface area is 64.4 Å². The summed E-state index contributed by atoms with van der Waals surface area (Å²) in [6.07, 6.45) is 0.127. The van der Waals surface area contributed by atoms with Crippen molar-refractivity contribution in [3.05, 3.63) is 0 Å². The first kappa shape index (κ1) is 7.06. The Morgan fingerprint density at radius 1 is 1.64 bits per heavy atom. The number of carbonyl (C=O) groups is 1. The first-order chi connectivity index (χ1) is 5.31. The monoisotopic (exact) mass is 158 g/mol. The van der Waals surface area contributed by atoms with Crippen LogP contribution in [0.4, 0.5) is 0 Å². The first-order valence-corrected chi connectivity index (χ1v) is 3.65. The van der Waals surface area contributed by atoms with Gasteiger partial charge in [-0.2, -0.15) is 0 Å².